The minimum absolute atomic E-state index is 0.168. The van der Waals surface area contributed by atoms with Gasteiger partial charge in [-0.25, -0.2) is 4.98 Å². The average Bonchev–Trinajstić information content (AvgIpc) is 2.94. The van der Waals surface area contributed by atoms with Crippen LogP contribution in [0.5, 0.6) is 0 Å². The highest BCUT2D eigenvalue weighted by atomic mass is 35.5. The monoisotopic (exact) mass is 395 g/mol. The molecule has 0 bridgehead atoms. The van der Waals surface area contributed by atoms with Crippen molar-refractivity contribution in [1.29, 1.82) is 0 Å². The van der Waals surface area contributed by atoms with Crippen LogP contribution in [0.25, 0.3) is 10.2 Å². The number of anilines is 1. The molecular weight excluding hydrogens is 385 g/mol. The molecule has 0 radical (unpaired) electrons. The minimum atomic E-state index is -0.283. The molecule has 3 aromatic rings. The highest BCUT2D eigenvalue weighted by Gasteiger charge is 2.12. The molecule has 122 valence electrons. The molecule has 24 heavy (non-hydrogen) atoms. The Hall–Kier alpha value is -1.73. The van der Waals surface area contributed by atoms with Crippen molar-refractivity contribution in [3.8, 4) is 0 Å². The third kappa shape index (κ3) is 3.67. The molecule has 0 atom stereocenters. The second-order valence-corrected chi connectivity index (χ2v) is 7.23. The number of nitrogens with one attached hydrogen (secondary N) is 2. The number of thiazole rings is 1. The lowest BCUT2D eigenvalue weighted by Crippen LogP contribution is -2.34. The van der Waals surface area contributed by atoms with Crippen LogP contribution < -0.4 is 10.6 Å². The Bertz CT molecular complexity index is 938. The van der Waals surface area contributed by atoms with Crippen molar-refractivity contribution >= 4 is 73.1 Å². The number of hydrogen-bond acceptors (Lipinski definition) is 4. The van der Waals surface area contributed by atoms with E-state index < -0.39 is 0 Å². The molecule has 0 fully saturated rings. The summed E-state index contributed by atoms with van der Waals surface area (Å²) in [4.78, 5) is 16.5. The Morgan fingerprint density at radius 3 is 2.58 bits per heavy atom. The SMILES string of the molecule is Cc1ccc(C(=O)NC(=S)Nc2nc3c(Cl)c(Cl)ccc3s2)cc1. The molecule has 1 aromatic heterocycles. The van der Waals surface area contributed by atoms with Crippen molar-refractivity contribution in [3.05, 3.63) is 57.6 Å². The van der Waals surface area contributed by atoms with Crippen LogP contribution in [0, 0.1) is 6.92 Å². The summed E-state index contributed by atoms with van der Waals surface area (Å²) in [5.41, 5.74) is 2.21. The summed E-state index contributed by atoms with van der Waals surface area (Å²) >= 11 is 18.6. The number of carbonyl (C=O) groups excluding carboxylic acids is 1. The number of benzene rings is 2. The van der Waals surface area contributed by atoms with Gasteiger partial charge in [0.25, 0.3) is 5.91 Å². The third-order valence-electron chi connectivity index (χ3n) is 3.21. The van der Waals surface area contributed by atoms with Crippen LogP contribution in [0.2, 0.25) is 10.0 Å². The van der Waals surface area contributed by atoms with E-state index in [2.05, 4.69) is 15.6 Å². The first kappa shape index (κ1) is 17.1. The molecular formula is C16H11Cl2N3OS2. The highest BCUT2D eigenvalue weighted by molar-refractivity contribution is 7.80. The lowest BCUT2D eigenvalue weighted by Gasteiger charge is -2.07. The first-order valence-corrected chi connectivity index (χ1v) is 8.85. The molecule has 0 unspecified atom stereocenters. The molecule has 0 aliphatic rings. The molecule has 2 N–H and O–H groups in total. The van der Waals surface area contributed by atoms with Crippen molar-refractivity contribution in [3.63, 3.8) is 0 Å². The van der Waals surface area contributed by atoms with E-state index in [4.69, 9.17) is 35.4 Å². The first-order chi connectivity index (χ1) is 11.4. The zero-order valence-corrected chi connectivity index (χ0v) is 15.5. The summed E-state index contributed by atoms with van der Waals surface area (Å²) in [7, 11) is 0. The van der Waals surface area contributed by atoms with E-state index in [1.807, 2.05) is 25.1 Å². The summed E-state index contributed by atoms with van der Waals surface area (Å²) in [5, 5.41) is 7.06. The van der Waals surface area contributed by atoms with Crippen LogP contribution in [0.15, 0.2) is 36.4 Å². The number of fused-ring (bicyclic) bond motifs is 1. The Labute approximate surface area is 157 Å². The first-order valence-electron chi connectivity index (χ1n) is 6.87. The van der Waals surface area contributed by atoms with E-state index >= 15 is 0 Å². The molecule has 1 amide bonds. The van der Waals surface area contributed by atoms with Gasteiger partial charge in [-0.2, -0.15) is 0 Å². The predicted molar refractivity (Wildman–Crippen MR) is 105 cm³/mol. The number of amides is 1. The Balaban J connectivity index is 1.72. The standard InChI is InChI=1S/C16H11Cl2N3OS2/c1-8-2-4-9(5-3-8)14(22)20-15(23)21-16-19-13-11(24-16)7-6-10(17)12(13)18/h2-7H,1H3,(H2,19,20,21,22,23). The van der Waals surface area contributed by atoms with Crippen molar-refractivity contribution < 1.29 is 4.79 Å². The number of nitrogens with zero attached hydrogens (tertiary/aromatic N) is 1. The number of aromatic nitrogens is 1. The summed E-state index contributed by atoms with van der Waals surface area (Å²) < 4.78 is 0.875. The molecule has 8 heteroatoms. The highest BCUT2D eigenvalue weighted by Crippen LogP contribution is 2.35. The number of thiocarbonyl (C=S) groups is 1. The molecule has 0 saturated carbocycles. The van der Waals surface area contributed by atoms with Gasteiger partial charge in [-0.1, -0.05) is 52.2 Å². The van der Waals surface area contributed by atoms with E-state index in [0.29, 0.717) is 26.3 Å². The van der Waals surface area contributed by atoms with Crippen LogP contribution in [-0.2, 0) is 0 Å². The molecule has 0 aliphatic heterocycles. The Morgan fingerprint density at radius 2 is 1.88 bits per heavy atom. The van der Waals surface area contributed by atoms with E-state index in [1.165, 1.54) is 11.3 Å². The lowest BCUT2D eigenvalue weighted by atomic mass is 10.1. The zero-order chi connectivity index (χ0) is 17.3. The van der Waals surface area contributed by atoms with E-state index in [1.54, 1.807) is 18.2 Å². The predicted octanol–water partition coefficient (Wildman–Crippen LogP) is 5.04. The van der Waals surface area contributed by atoms with Crippen LogP contribution in [0.3, 0.4) is 0 Å². The van der Waals surface area contributed by atoms with Gasteiger partial charge in [0.15, 0.2) is 10.2 Å². The molecule has 3 rings (SSSR count). The van der Waals surface area contributed by atoms with Gasteiger partial charge < -0.3 is 5.32 Å². The van der Waals surface area contributed by atoms with E-state index in [0.717, 1.165) is 10.3 Å². The van der Waals surface area contributed by atoms with Crippen LogP contribution in [0.4, 0.5) is 5.13 Å². The molecule has 0 spiro atoms. The number of carbonyl (C=O) groups is 1. The van der Waals surface area contributed by atoms with Crippen molar-refractivity contribution in [2.75, 3.05) is 5.32 Å². The summed E-state index contributed by atoms with van der Waals surface area (Å²) in [6.45, 7) is 1.96. The number of hydrogen-bond donors (Lipinski definition) is 2. The average molecular weight is 396 g/mol. The topological polar surface area (TPSA) is 54.0 Å². The van der Waals surface area contributed by atoms with Gasteiger partial charge in [-0.3, -0.25) is 10.1 Å². The van der Waals surface area contributed by atoms with E-state index in [9.17, 15) is 4.79 Å². The maximum atomic E-state index is 12.1. The fraction of sp³-hybridized carbons (Fsp3) is 0.0625. The van der Waals surface area contributed by atoms with Gasteiger partial charge in [0.2, 0.25) is 0 Å². The van der Waals surface area contributed by atoms with Gasteiger partial charge in [0.1, 0.15) is 5.52 Å². The number of rotatable bonds is 2. The zero-order valence-electron chi connectivity index (χ0n) is 12.4. The maximum Gasteiger partial charge on any atom is 0.257 e. The van der Waals surface area contributed by atoms with Crippen LogP contribution in [-0.4, -0.2) is 16.0 Å². The second-order valence-electron chi connectivity index (χ2n) is 5.00. The van der Waals surface area contributed by atoms with Crippen LogP contribution in [0.1, 0.15) is 15.9 Å². The molecule has 0 saturated heterocycles. The fourth-order valence-corrected chi connectivity index (χ4v) is 3.55. The summed E-state index contributed by atoms with van der Waals surface area (Å²) in [5.74, 6) is -0.283. The molecule has 1 heterocycles. The quantitative estimate of drug-likeness (QED) is 0.596. The van der Waals surface area contributed by atoms with Gasteiger partial charge in [-0.05, 0) is 43.4 Å². The minimum Gasteiger partial charge on any atom is -0.308 e. The molecule has 0 aliphatic carbocycles. The lowest BCUT2D eigenvalue weighted by molar-refractivity contribution is 0.0978. The normalized spacial score (nSPS) is 10.6. The van der Waals surface area contributed by atoms with Gasteiger partial charge in [-0.15, -0.1) is 0 Å². The van der Waals surface area contributed by atoms with E-state index in [-0.39, 0.29) is 11.0 Å². The summed E-state index contributed by atoms with van der Waals surface area (Å²) in [6.07, 6.45) is 0. The molecule has 4 nitrogen and oxygen atoms in total. The second kappa shape index (κ2) is 7.03. The van der Waals surface area contributed by atoms with Crippen LogP contribution >= 0.6 is 46.8 Å². The largest absolute Gasteiger partial charge is 0.308 e. The number of aryl methyl sites for hydroxylation is 1. The fourth-order valence-electron chi connectivity index (χ4n) is 2.00. The Kier molecular flexibility index (Phi) is 5.01. The third-order valence-corrected chi connectivity index (χ3v) is 5.15. The van der Waals surface area contributed by atoms with Crippen molar-refractivity contribution in [2.24, 2.45) is 0 Å². The molecule has 2 aromatic carbocycles. The summed E-state index contributed by atoms with van der Waals surface area (Å²) in [6, 6.07) is 10.8. The van der Waals surface area contributed by atoms with Gasteiger partial charge in [0.05, 0.1) is 14.7 Å². The van der Waals surface area contributed by atoms with Crippen molar-refractivity contribution in [1.82, 2.24) is 10.3 Å². The van der Waals surface area contributed by atoms with Gasteiger partial charge in [0, 0.05) is 5.56 Å². The maximum absolute atomic E-state index is 12.1. The number of halogens is 2. The van der Waals surface area contributed by atoms with Crippen molar-refractivity contribution in [2.45, 2.75) is 6.92 Å². The smallest absolute Gasteiger partial charge is 0.257 e. The Morgan fingerprint density at radius 1 is 1.17 bits per heavy atom. The van der Waals surface area contributed by atoms with Gasteiger partial charge >= 0.3 is 0 Å².